The number of nitrogens with one attached hydrogen (secondary N) is 1. The summed E-state index contributed by atoms with van der Waals surface area (Å²) in [6, 6.07) is 5.38. The van der Waals surface area contributed by atoms with Gasteiger partial charge >= 0.3 is 5.69 Å². The minimum Gasteiger partial charge on any atom is -0.464 e. The second kappa shape index (κ2) is 8.65. The van der Waals surface area contributed by atoms with Gasteiger partial charge in [-0.3, -0.25) is 10.1 Å². The summed E-state index contributed by atoms with van der Waals surface area (Å²) >= 11 is 1.69. The molecule has 0 aliphatic heterocycles. The predicted octanol–water partition coefficient (Wildman–Crippen LogP) is 2.69. The molecule has 0 aliphatic rings. The molecule has 2 aromatic heterocycles. The van der Waals surface area contributed by atoms with Crippen LogP contribution in [-0.2, 0) is 12.3 Å². The maximum Gasteiger partial charge on any atom is 0.315 e. The lowest BCUT2D eigenvalue weighted by Gasteiger charge is -2.06. The number of aromatic nitrogens is 2. The summed E-state index contributed by atoms with van der Waals surface area (Å²) in [4.78, 5) is 12.6. The average Bonchev–Trinajstić information content (AvgIpc) is 2.94. The van der Waals surface area contributed by atoms with E-state index in [9.17, 15) is 10.1 Å². The topological polar surface area (TPSA) is 97.3 Å². The van der Waals surface area contributed by atoms with E-state index < -0.39 is 4.92 Å². The van der Waals surface area contributed by atoms with Crippen LogP contribution in [0.2, 0.25) is 0 Å². The Labute approximate surface area is 144 Å². The van der Waals surface area contributed by atoms with E-state index in [2.05, 4.69) is 20.4 Å². The van der Waals surface area contributed by atoms with Crippen molar-refractivity contribution in [1.29, 1.82) is 0 Å². The number of thioether (sulfide) groups is 1. The molecule has 1 N–H and O–H groups in total. The molecule has 8 nitrogen and oxygen atoms in total. The van der Waals surface area contributed by atoms with E-state index in [1.807, 2.05) is 26.2 Å². The third kappa shape index (κ3) is 5.50. The maximum absolute atomic E-state index is 11.0. The maximum atomic E-state index is 11.0. The summed E-state index contributed by atoms with van der Waals surface area (Å²) < 4.78 is 5.73. The number of anilines is 1. The van der Waals surface area contributed by atoms with Crippen molar-refractivity contribution in [2.75, 3.05) is 31.7 Å². The van der Waals surface area contributed by atoms with Crippen LogP contribution in [0.3, 0.4) is 0 Å². The number of rotatable bonds is 9. The van der Waals surface area contributed by atoms with E-state index in [0.717, 1.165) is 29.6 Å². The van der Waals surface area contributed by atoms with Crippen LogP contribution >= 0.6 is 11.8 Å². The van der Waals surface area contributed by atoms with Crippen molar-refractivity contribution in [3.05, 3.63) is 45.5 Å². The van der Waals surface area contributed by atoms with Crippen LogP contribution in [0.4, 0.5) is 11.5 Å². The molecule has 9 heteroatoms. The molecule has 2 rings (SSSR count). The molecule has 0 radical (unpaired) electrons. The summed E-state index contributed by atoms with van der Waals surface area (Å²) in [5.74, 6) is 3.61. The quantitative estimate of drug-likeness (QED) is 0.418. The second-order valence-electron chi connectivity index (χ2n) is 5.56. The number of aryl methyl sites for hydroxylation is 1. The molecule has 0 unspecified atom stereocenters. The SMILES string of the molecule is Cc1cc([N+](=O)[O-])c(NCCSCc2ccc(CN(C)C)o2)nn1. The van der Waals surface area contributed by atoms with Crippen molar-refractivity contribution < 1.29 is 9.34 Å². The van der Waals surface area contributed by atoms with Gasteiger partial charge in [-0.2, -0.15) is 16.9 Å². The van der Waals surface area contributed by atoms with Crippen molar-refractivity contribution in [3.8, 4) is 0 Å². The van der Waals surface area contributed by atoms with Gasteiger partial charge in [-0.15, -0.1) is 5.10 Å². The molecule has 0 bridgehead atoms. The fourth-order valence-corrected chi connectivity index (χ4v) is 2.80. The van der Waals surface area contributed by atoms with Crippen molar-refractivity contribution in [2.24, 2.45) is 0 Å². The highest BCUT2D eigenvalue weighted by Gasteiger charge is 2.15. The standard InChI is InChI=1S/C15H21N5O3S/c1-11-8-14(20(21)22)15(18-17-11)16-6-7-24-10-13-5-4-12(23-13)9-19(2)3/h4-5,8H,6-7,9-10H2,1-3H3,(H,16,18). The molecule has 0 saturated heterocycles. The van der Waals surface area contributed by atoms with Gasteiger partial charge in [0.2, 0.25) is 5.82 Å². The molecule has 0 fully saturated rings. The van der Waals surface area contributed by atoms with Crippen LogP contribution in [0, 0.1) is 17.0 Å². The fraction of sp³-hybridized carbons (Fsp3) is 0.467. The lowest BCUT2D eigenvalue weighted by Crippen LogP contribution is -2.09. The van der Waals surface area contributed by atoms with Crippen molar-refractivity contribution in [3.63, 3.8) is 0 Å². The summed E-state index contributed by atoms with van der Waals surface area (Å²) in [5.41, 5.74) is 0.472. The first-order valence-electron chi connectivity index (χ1n) is 7.48. The second-order valence-corrected chi connectivity index (χ2v) is 6.67. The Morgan fingerprint density at radius 3 is 2.79 bits per heavy atom. The Balaban J connectivity index is 1.75. The molecule has 0 atom stereocenters. The van der Waals surface area contributed by atoms with E-state index in [-0.39, 0.29) is 11.5 Å². The van der Waals surface area contributed by atoms with Crippen LogP contribution in [0.1, 0.15) is 17.2 Å². The van der Waals surface area contributed by atoms with Crippen molar-refractivity contribution >= 4 is 23.3 Å². The minimum atomic E-state index is -0.452. The van der Waals surface area contributed by atoms with Gasteiger partial charge in [0.05, 0.1) is 22.9 Å². The summed E-state index contributed by atoms with van der Waals surface area (Å²) in [6.07, 6.45) is 0. The number of furan rings is 1. The van der Waals surface area contributed by atoms with Crippen molar-refractivity contribution in [1.82, 2.24) is 15.1 Å². The van der Waals surface area contributed by atoms with Gasteiger partial charge in [-0.05, 0) is 33.2 Å². The number of hydrogen-bond acceptors (Lipinski definition) is 8. The highest BCUT2D eigenvalue weighted by molar-refractivity contribution is 7.98. The Morgan fingerprint density at radius 2 is 2.08 bits per heavy atom. The molecule has 0 saturated carbocycles. The molecule has 0 aliphatic carbocycles. The molecule has 2 aromatic rings. The highest BCUT2D eigenvalue weighted by Crippen LogP contribution is 2.21. The number of nitro groups is 1. The van der Waals surface area contributed by atoms with E-state index >= 15 is 0 Å². The number of nitrogens with zero attached hydrogens (tertiary/aromatic N) is 4. The Bertz CT molecular complexity index is 689. The molecular formula is C15H21N5O3S. The Kier molecular flexibility index (Phi) is 6.56. The molecule has 0 amide bonds. The first-order chi connectivity index (χ1) is 11.5. The third-order valence-electron chi connectivity index (χ3n) is 3.07. The third-order valence-corrected chi connectivity index (χ3v) is 4.05. The van der Waals surface area contributed by atoms with Gasteiger partial charge < -0.3 is 14.6 Å². The van der Waals surface area contributed by atoms with Crippen LogP contribution < -0.4 is 5.32 Å². The molecule has 0 spiro atoms. The summed E-state index contributed by atoms with van der Waals surface area (Å²) in [7, 11) is 3.99. The molecule has 24 heavy (non-hydrogen) atoms. The smallest absolute Gasteiger partial charge is 0.315 e. The average molecular weight is 351 g/mol. The predicted molar refractivity (Wildman–Crippen MR) is 94.2 cm³/mol. The monoisotopic (exact) mass is 351 g/mol. The zero-order valence-corrected chi connectivity index (χ0v) is 14.8. The lowest BCUT2D eigenvalue weighted by atomic mass is 10.3. The van der Waals surface area contributed by atoms with Crippen molar-refractivity contribution in [2.45, 2.75) is 19.2 Å². The number of hydrogen-bond donors (Lipinski definition) is 1. The zero-order chi connectivity index (χ0) is 17.5. The van der Waals surface area contributed by atoms with Gasteiger partial charge in [0.1, 0.15) is 11.5 Å². The normalized spacial score (nSPS) is 11.0. The molecule has 130 valence electrons. The highest BCUT2D eigenvalue weighted by atomic mass is 32.2. The zero-order valence-electron chi connectivity index (χ0n) is 14.0. The van der Waals surface area contributed by atoms with Gasteiger partial charge in [-0.25, -0.2) is 0 Å². The van der Waals surface area contributed by atoms with E-state index in [4.69, 9.17) is 4.42 Å². The lowest BCUT2D eigenvalue weighted by molar-refractivity contribution is -0.384. The Hall–Kier alpha value is -2.13. The summed E-state index contributed by atoms with van der Waals surface area (Å²) in [6.45, 7) is 3.02. The Morgan fingerprint density at radius 1 is 1.33 bits per heavy atom. The summed E-state index contributed by atoms with van der Waals surface area (Å²) in [5, 5.41) is 21.7. The largest absolute Gasteiger partial charge is 0.464 e. The minimum absolute atomic E-state index is 0.0492. The van der Waals surface area contributed by atoms with Gasteiger partial charge in [0, 0.05) is 18.4 Å². The van der Waals surface area contributed by atoms with Gasteiger partial charge in [0.25, 0.3) is 0 Å². The first-order valence-corrected chi connectivity index (χ1v) is 8.64. The fourth-order valence-electron chi connectivity index (χ4n) is 2.05. The van der Waals surface area contributed by atoms with Crippen LogP contribution in [-0.4, -0.2) is 46.4 Å². The van der Waals surface area contributed by atoms with Crippen LogP contribution in [0.5, 0.6) is 0 Å². The van der Waals surface area contributed by atoms with Gasteiger partial charge in [-0.1, -0.05) is 0 Å². The van der Waals surface area contributed by atoms with Crippen LogP contribution in [0.25, 0.3) is 0 Å². The first kappa shape index (κ1) is 18.2. The molecule has 2 heterocycles. The van der Waals surface area contributed by atoms with E-state index in [1.165, 1.54) is 6.07 Å². The van der Waals surface area contributed by atoms with Gasteiger partial charge in [0.15, 0.2) is 0 Å². The van der Waals surface area contributed by atoms with E-state index in [0.29, 0.717) is 12.2 Å². The van der Waals surface area contributed by atoms with Crippen LogP contribution in [0.15, 0.2) is 22.6 Å². The van der Waals surface area contributed by atoms with E-state index in [1.54, 1.807) is 18.7 Å². The molecule has 0 aromatic carbocycles. The molecular weight excluding hydrogens is 330 g/mol.